The number of hydrogen-bond donors (Lipinski definition) is 0. The molecule has 3 aromatic heterocycles. The van der Waals surface area contributed by atoms with Gasteiger partial charge in [0.25, 0.3) is 0 Å². The Morgan fingerprint density at radius 1 is 1.12 bits per heavy atom. The quantitative estimate of drug-likeness (QED) is 0.443. The molecule has 2 aliphatic carbocycles. The van der Waals surface area contributed by atoms with Gasteiger partial charge in [-0.2, -0.15) is 5.10 Å². The van der Waals surface area contributed by atoms with E-state index >= 15 is 0 Å². The Kier molecular flexibility index (Phi) is 4.82. The monoisotopic (exact) mass is 440 g/mol. The Morgan fingerprint density at radius 3 is 2.82 bits per heavy atom. The maximum Gasteiger partial charge on any atom is 0.163 e. The molecule has 6 rings (SSSR count). The molecule has 0 aliphatic heterocycles. The molecule has 1 saturated carbocycles. The number of benzene rings is 1. The van der Waals surface area contributed by atoms with Crippen molar-refractivity contribution in [1.82, 2.24) is 19.7 Å². The molecule has 4 aromatic rings. The van der Waals surface area contributed by atoms with Gasteiger partial charge < -0.3 is 0 Å². The molecule has 0 amide bonds. The Hall–Kier alpha value is -3.41. The first kappa shape index (κ1) is 20.2. The van der Waals surface area contributed by atoms with Gasteiger partial charge in [0.1, 0.15) is 11.6 Å². The maximum atomic E-state index is 13.4. The van der Waals surface area contributed by atoms with Crippen molar-refractivity contribution in [2.75, 3.05) is 0 Å². The summed E-state index contributed by atoms with van der Waals surface area (Å²) in [5.74, 6) is 0.401. The van der Waals surface area contributed by atoms with Gasteiger partial charge in [0.2, 0.25) is 0 Å². The highest BCUT2D eigenvalue weighted by Gasteiger charge is 2.47. The van der Waals surface area contributed by atoms with Crippen LogP contribution in [0.3, 0.4) is 0 Å². The minimum atomic E-state index is -0.272. The average Bonchev–Trinajstić information content (AvgIpc) is 3.18. The van der Waals surface area contributed by atoms with Gasteiger partial charge in [-0.15, -0.1) is 0 Å². The van der Waals surface area contributed by atoms with Crippen molar-refractivity contribution in [3.63, 3.8) is 0 Å². The lowest BCUT2D eigenvalue weighted by molar-refractivity contribution is -0.123. The van der Waals surface area contributed by atoms with Crippen LogP contribution in [0, 0.1) is 11.7 Å². The molecule has 1 aromatic carbocycles. The van der Waals surface area contributed by atoms with E-state index in [1.165, 1.54) is 17.7 Å². The number of aryl methyl sites for hydroxylation is 1. The van der Waals surface area contributed by atoms with E-state index < -0.39 is 0 Å². The standard InChI is InChI=1S/C27H25FN4O/c28-20-7-9-22(10-8-20)32-26-18(17-30-32)14-24-25(31-26)6-3-4-19-15-23(33)11-12-27(19,24)16-21-5-1-2-13-29-21/h1-2,5,7-10,13-14,17,19H,3-4,6,11-12,15-16H2/t19-,27-/m1/s1. The fourth-order valence-corrected chi connectivity index (χ4v) is 5.93. The highest BCUT2D eigenvalue weighted by atomic mass is 19.1. The lowest BCUT2D eigenvalue weighted by atomic mass is 9.59. The van der Waals surface area contributed by atoms with Gasteiger partial charge in [-0.1, -0.05) is 6.07 Å². The predicted molar refractivity (Wildman–Crippen MR) is 124 cm³/mol. The molecule has 2 atom stereocenters. The molecular weight excluding hydrogens is 415 g/mol. The van der Waals surface area contributed by atoms with Gasteiger partial charge in [0.15, 0.2) is 5.65 Å². The zero-order chi connectivity index (χ0) is 22.4. The average molecular weight is 441 g/mol. The van der Waals surface area contributed by atoms with Crippen LogP contribution in [0.2, 0.25) is 0 Å². The molecule has 0 spiro atoms. The van der Waals surface area contributed by atoms with Gasteiger partial charge in [-0.05, 0) is 86.1 Å². The number of ketones is 1. The summed E-state index contributed by atoms with van der Waals surface area (Å²) in [4.78, 5) is 22.2. The van der Waals surface area contributed by atoms with Crippen molar-refractivity contribution < 1.29 is 9.18 Å². The van der Waals surface area contributed by atoms with E-state index in [1.54, 1.807) is 16.8 Å². The number of hydrogen-bond acceptors (Lipinski definition) is 4. The number of Topliss-reactive ketones (excluding diaryl/α,β-unsaturated/α-hetero) is 1. The SMILES string of the molecule is O=C1CC[C@]2(Cc3ccccn3)c3cc4cnn(-c5ccc(F)cc5)c4nc3CCC[C@@H]2C1. The lowest BCUT2D eigenvalue weighted by Crippen LogP contribution is -2.43. The summed E-state index contributed by atoms with van der Waals surface area (Å²) in [5, 5.41) is 5.55. The molecule has 1 fully saturated rings. The van der Waals surface area contributed by atoms with E-state index in [1.807, 2.05) is 24.5 Å². The van der Waals surface area contributed by atoms with Crippen LogP contribution in [0.25, 0.3) is 16.7 Å². The first-order valence-electron chi connectivity index (χ1n) is 11.7. The molecule has 0 radical (unpaired) electrons. The predicted octanol–water partition coefficient (Wildman–Crippen LogP) is 5.14. The third-order valence-electron chi connectivity index (χ3n) is 7.52. The summed E-state index contributed by atoms with van der Waals surface area (Å²) in [6.07, 6.45) is 9.50. The maximum absolute atomic E-state index is 13.4. The fourth-order valence-electron chi connectivity index (χ4n) is 5.93. The Bertz CT molecular complexity index is 1330. The number of carbonyl (C=O) groups excluding carboxylic acids is 1. The van der Waals surface area contributed by atoms with E-state index in [2.05, 4.69) is 22.2 Å². The van der Waals surface area contributed by atoms with Crippen molar-refractivity contribution >= 4 is 16.8 Å². The molecule has 0 bridgehead atoms. The lowest BCUT2D eigenvalue weighted by Gasteiger charge is -2.44. The van der Waals surface area contributed by atoms with Crippen LogP contribution in [-0.2, 0) is 23.1 Å². The molecule has 3 heterocycles. The molecular formula is C27H25FN4O. The second-order valence-electron chi connectivity index (χ2n) is 9.41. The second kappa shape index (κ2) is 7.87. The smallest absolute Gasteiger partial charge is 0.163 e. The zero-order valence-corrected chi connectivity index (χ0v) is 18.4. The second-order valence-corrected chi connectivity index (χ2v) is 9.41. The fraction of sp³-hybridized carbons (Fsp3) is 0.333. The van der Waals surface area contributed by atoms with Crippen LogP contribution in [-0.4, -0.2) is 25.5 Å². The highest BCUT2D eigenvalue weighted by Crippen LogP contribution is 2.50. The number of rotatable bonds is 3. The third-order valence-corrected chi connectivity index (χ3v) is 7.52. The number of fused-ring (bicyclic) bond motifs is 4. The normalized spacial score (nSPS) is 22.6. The van der Waals surface area contributed by atoms with Crippen LogP contribution < -0.4 is 0 Å². The Morgan fingerprint density at radius 2 is 2.00 bits per heavy atom. The van der Waals surface area contributed by atoms with E-state index in [0.717, 1.165) is 60.2 Å². The van der Waals surface area contributed by atoms with Crippen LogP contribution in [0.15, 0.2) is 60.9 Å². The number of aromatic nitrogens is 4. The summed E-state index contributed by atoms with van der Waals surface area (Å²) in [7, 11) is 0. The molecule has 0 unspecified atom stereocenters. The zero-order valence-electron chi connectivity index (χ0n) is 18.4. The van der Waals surface area contributed by atoms with Crippen molar-refractivity contribution in [3.8, 4) is 5.69 Å². The van der Waals surface area contributed by atoms with E-state index in [-0.39, 0.29) is 11.2 Å². The third kappa shape index (κ3) is 3.45. The van der Waals surface area contributed by atoms with Crippen LogP contribution in [0.1, 0.15) is 49.1 Å². The number of nitrogens with zero attached hydrogens (tertiary/aromatic N) is 4. The summed E-state index contributed by atoms with van der Waals surface area (Å²) in [6, 6.07) is 14.6. The van der Waals surface area contributed by atoms with Gasteiger partial charge in [-0.3, -0.25) is 9.78 Å². The van der Waals surface area contributed by atoms with Gasteiger partial charge >= 0.3 is 0 Å². The molecule has 0 N–H and O–H groups in total. The molecule has 5 nitrogen and oxygen atoms in total. The molecule has 6 heteroatoms. The molecule has 33 heavy (non-hydrogen) atoms. The summed E-state index contributed by atoms with van der Waals surface area (Å²) in [5.41, 5.74) is 4.85. The first-order chi connectivity index (χ1) is 16.1. The number of halogens is 1. The van der Waals surface area contributed by atoms with E-state index in [9.17, 15) is 9.18 Å². The topological polar surface area (TPSA) is 60.7 Å². The molecule has 2 aliphatic rings. The van der Waals surface area contributed by atoms with Crippen molar-refractivity contribution in [1.29, 1.82) is 0 Å². The number of pyridine rings is 2. The van der Waals surface area contributed by atoms with E-state index in [0.29, 0.717) is 24.5 Å². The van der Waals surface area contributed by atoms with Crippen molar-refractivity contribution in [3.05, 3.63) is 83.7 Å². The van der Waals surface area contributed by atoms with Gasteiger partial charge in [-0.25, -0.2) is 14.1 Å². The van der Waals surface area contributed by atoms with Crippen LogP contribution >= 0.6 is 0 Å². The molecule has 166 valence electrons. The Balaban J connectivity index is 1.52. The van der Waals surface area contributed by atoms with Gasteiger partial charge in [0.05, 0.1) is 11.9 Å². The summed E-state index contributed by atoms with van der Waals surface area (Å²) >= 11 is 0. The van der Waals surface area contributed by atoms with Gasteiger partial charge in [0, 0.05) is 41.2 Å². The minimum Gasteiger partial charge on any atom is -0.300 e. The summed E-state index contributed by atoms with van der Waals surface area (Å²) in [6.45, 7) is 0. The minimum absolute atomic E-state index is 0.146. The molecule has 0 saturated heterocycles. The Labute approximate surface area is 191 Å². The van der Waals surface area contributed by atoms with E-state index in [4.69, 9.17) is 4.98 Å². The van der Waals surface area contributed by atoms with Crippen molar-refractivity contribution in [2.24, 2.45) is 5.92 Å². The van der Waals surface area contributed by atoms with Crippen molar-refractivity contribution in [2.45, 2.75) is 50.4 Å². The highest BCUT2D eigenvalue weighted by molar-refractivity contribution is 5.81. The van der Waals surface area contributed by atoms with Crippen LogP contribution in [0.5, 0.6) is 0 Å². The largest absolute Gasteiger partial charge is 0.300 e. The number of carbonyl (C=O) groups is 1. The first-order valence-corrected chi connectivity index (χ1v) is 11.7. The van der Waals surface area contributed by atoms with Crippen LogP contribution in [0.4, 0.5) is 4.39 Å². The summed E-state index contributed by atoms with van der Waals surface area (Å²) < 4.78 is 15.2.